The van der Waals surface area contributed by atoms with Crippen molar-refractivity contribution < 1.29 is 31.1 Å². The Morgan fingerprint density at radius 2 is 1.39 bits per heavy atom. The molecule has 0 saturated carbocycles. The molecule has 2 aliphatic heterocycles. The summed E-state index contributed by atoms with van der Waals surface area (Å²) in [5.74, 6) is 0.0695. The van der Waals surface area contributed by atoms with Crippen LogP contribution in [0, 0.1) is 11.3 Å². The average molecular weight is 582 g/mol. The Morgan fingerprint density at radius 1 is 0.829 bits per heavy atom. The van der Waals surface area contributed by atoms with Crippen molar-refractivity contribution >= 4 is 17.3 Å². The lowest BCUT2D eigenvalue weighted by Gasteiger charge is -2.34. The van der Waals surface area contributed by atoms with E-state index in [1.165, 1.54) is 24.3 Å². The molecule has 2 N–H and O–H groups in total. The molecule has 0 unspecified atom stereocenters. The molecule has 2 saturated heterocycles. The first-order valence-corrected chi connectivity index (χ1v) is 13.7. The van der Waals surface area contributed by atoms with Gasteiger partial charge in [0.05, 0.1) is 22.8 Å². The second-order valence-electron chi connectivity index (χ2n) is 10.6. The summed E-state index contributed by atoms with van der Waals surface area (Å²) in [6, 6.07) is 10.4. The van der Waals surface area contributed by atoms with Gasteiger partial charge in [-0.1, -0.05) is 0 Å². The van der Waals surface area contributed by atoms with Crippen molar-refractivity contribution in [3.63, 3.8) is 0 Å². The van der Waals surface area contributed by atoms with E-state index >= 15 is 0 Å². The van der Waals surface area contributed by atoms with Crippen LogP contribution in [0.2, 0.25) is 0 Å². The Kier molecular flexibility index (Phi) is 9.68. The lowest BCUT2D eigenvalue weighted by molar-refractivity contribution is -0.138. The maximum absolute atomic E-state index is 13.2. The Hall–Kier alpha value is -3.46. The fourth-order valence-corrected chi connectivity index (χ4v) is 5.38. The number of carbonyl (C=O) groups is 1. The Morgan fingerprint density at radius 3 is 1.95 bits per heavy atom. The first-order valence-electron chi connectivity index (χ1n) is 13.7. The minimum Gasteiger partial charge on any atom is -0.382 e. The number of nitriles is 1. The van der Waals surface area contributed by atoms with Gasteiger partial charge < -0.3 is 20.4 Å². The highest BCUT2D eigenvalue weighted by atomic mass is 19.4. The lowest BCUT2D eigenvalue weighted by atomic mass is 10.0. The molecule has 2 fully saturated rings. The summed E-state index contributed by atoms with van der Waals surface area (Å²) in [6.45, 7) is 3.53. The number of alkyl halides is 6. The van der Waals surface area contributed by atoms with Crippen LogP contribution in [0.3, 0.4) is 0 Å². The van der Waals surface area contributed by atoms with Crippen LogP contribution in [0.1, 0.15) is 55.2 Å². The first-order chi connectivity index (χ1) is 19.4. The van der Waals surface area contributed by atoms with Gasteiger partial charge in [-0.2, -0.15) is 31.6 Å². The number of carbonyl (C=O) groups excluding carboxylic acids is 1. The summed E-state index contributed by atoms with van der Waals surface area (Å²) in [7, 11) is 0. The second-order valence-corrected chi connectivity index (χ2v) is 10.6. The molecular weight excluding hydrogens is 548 g/mol. The fraction of sp³-hybridized carbons (Fsp3) is 0.517. The van der Waals surface area contributed by atoms with Crippen molar-refractivity contribution in [2.24, 2.45) is 0 Å². The highest BCUT2D eigenvalue weighted by molar-refractivity contribution is 5.76. The number of piperidine rings is 2. The summed E-state index contributed by atoms with van der Waals surface area (Å²) in [6.07, 6.45) is -4.86. The van der Waals surface area contributed by atoms with Gasteiger partial charge in [0.1, 0.15) is 0 Å². The molecule has 12 heteroatoms. The minimum atomic E-state index is -4.61. The molecule has 41 heavy (non-hydrogen) atoms. The smallest absolute Gasteiger partial charge is 0.382 e. The standard InChI is InChI=1S/C29H33F6N5O/c30-28(31,32)21-4-7-22(8-5-21)37-23-9-14-39(15-10-23)13-1-2-27(41)40-16-11-24(12-17-40)38-25-6-3-20(19-36)26(18-25)29(33,34)35/h3-8,18,23-24,37-38H,1-2,9-17H2. The maximum Gasteiger partial charge on any atom is 0.417 e. The van der Waals surface area contributed by atoms with E-state index in [1.54, 1.807) is 11.0 Å². The second kappa shape index (κ2) is 13.0. The van der Waals surface area contributed by atoms with Crippen LogP contribution in [0.4, 0.5) is 37.7 Å². The zero-order valence-electron chi connectivity index (χ0n) is 22.5. The van der Waals surface area contributed by atoms with Crippen LogP contribution < -0.4 is 10.6 Å². The van der Waals surface area contributed by atoms with Gasteiger partial charge in [0, 0.05) is 56.1 Å². The number of likely N-dealkylation sites (tertiary alicyclic amines) is 2. The van der Waals surface area contributed by atoms with Crippen LogP contribution in [0.15, 0.2) is 42.5 Å². The molecule has 222 valence electrons. The fourth-order valence-electron chi connectivity index (χ4n) is 5.38. The van der Waals surface area contributed by atoms with Crippen molar-refractivity contribution in [3.8, 4) is 6.07 Å². The highest BCUT2D eigenvalue weighted by Crippen LogP contribution is 2.34. The van der Waals surface area contributed by atoms with Crippen LogP contribution in [-0.4, -0.2) is 60.5 Å². The SMILES string of the molecule is N#Cc1ccc(NC2CCN(C(=O)CCCN3CCC(Nc4ccc(C(F)(F)F)cc4)CC3)CC2)cc1C(F)(F)F. The largest absolute Gasteiger partial charge is 0.417 e. The van der Waals surface area contributed by atoms with E-state index < -0.39 is 29.0 Å². The van der Waals surface area contributed by atoms with Gasteiger partial charge >= 0.3 is 12.4 Å². The van der Waals surface area contributed by atoms with Crippen molar-refractivity contribution in [1.29, 1.82) is 5.26 Å². The lowest BCUT2D eigenvalue weighted by Crippen LogP contribution is -2.43. The number of halogens is 6. The van der Waals surface area contributed by atoms with E-state index in [0.717, 1.165) is 57.1 Å². The summed E-state index contributed by atoms with van der Waals surface area (Å²) in [4.78, 5) is 16.8. The quantitative estimate of drug-likeness (QED) is 0.356. The molecule has 2 aromatic carbocycles. The maximum atomic E-state index is 13.2. The molecule has 0 radical (unpaired) electrons. The monoisotopic (exact) mass is 581 g/mol. The normalized spacial score (nSPS) is 17.7. The summed E-state index contributed by atoms with van der Waals surface area (Å²) in [5, 5.41) is 15.4. The van der Waals surface area contributed by atoms with E-state index in [-0.39, 0.29) is 18.0 Å². The van der Waals surface area contributed by atoms with Gasteiger partial charge in [0.25, 0.3) is 0 Å². The van der Waals surface area contributed by atoms with Gasteiger partial charge in [-0.25, -0.2) is 0 Å². The molecule has 6 nitrogen and oxygen atoms in total. The van der Waals surface area contributed by atoms with Crippen molar-refractivity contribution in [2.45, 2.75) is 63.0 Å². The van der Waals surface area contributed by atoms with E-state index in [0.29, 0.717) is 43.7 Å². The average Bonchev–Trinajstić information content (AvgIpc) is 2.93. The number of amides is 1. The third kappa shape index (κ3) is 8.52. The number of anilines is 2. The number of hydrogen-bond acceptors (Lipinski definition) is 5. The highest BCUT2D eigenvalue weighted by Gasteiger charge is 2.34. The Labute approximate surface area is 235 Å². The van der Waals surface area contributed by atoms with Crippen molar-refractivity contribution in [1.82, 2.24) is 9.80 Å². The number of benzene rings is 2. The number of nitrogens with zero attached hydrogens (tertiary/aromatic N) is 3. The number of nitrogens with one attached hydrogen (secondary N) is 2. The van der Waals surface area contributed by atoms with E-state index in [1.807, 2.05) is 0 Å². The number of rotatable bonds is 8. The van der Waals surface area contributed by atoms with E-state index in [4.69, 9.17) is 5.26 Å². The van der Waals surface area contributed by atoms with Crippen molar-refractivity contribution in [3.05, 3.63) is 59.2 Å². The Balaban J connectivity index is 1.13. The molecule has 2 aliphatic rings. The molecule has 2 heterocycles. The minimum absolute atomic E-state index is 0.0643. The van der Waals surface area contributed by atoms with Gasteiger partial charge in [0.2, 0.25) is 5.91 Å². The van der Waals surface area contributed by atoms with E-state index in [2.05, 4.69) is 15.5 Å². The molecule has 0 aliphatic carbocycles. The van der Waals surface area contributed by atoms with Gasteiger partial charge in [-0.15, -0.1) is 0 Å². The summed E-state index contributed by atoms with van der Waals surface area (Å²) in [5.41, 5.74) is -1.07. The molecule has 2 aromatic rings. The molecule has 0 aromatic heterocycles. The van der Waals surface area contributed by atoms with E-state index in [9.17, 15) is 31.1 Å². The van der Waals surface area contributed by atoms with Gasteiger partial charge in [-0.05, 0) is 81.1 Å². The zero-order chi connectivity index (χ0) is 29.6. The molecule has 0 bridgehead atoms. The predicted octanol–water partition coefficient (Wildman–Crippen LogP) is 6.36. The first kappa shape index (κ1) is 30.5. The number of hydrogen-bond donors (Lipinski definition) is 2. The Bertz CT molecular complexity index is 1210. The van der Waals surface area contributed by atoms with Gasteiger partial charge in [0.15, 0.2) is 0 Å². The molecule has 4 rings (SSSR count). The van der Waals surface area contributed by atoms with Crippen LogP contribution in [0.25, 0.3) is 0 Å². The molecule has 1 amide bonds. The molecule has 0 atom stereocenters. The summed E-state index contributed by atoms with van der Waals surface area (Å²) >= 11 is 0. The molecule has 0 spiro atoms. The van der Waals surface area contributed by atoms with Crippen LogP contribution in [0.5, 0.6) is 0 Å². The van der Waals surface area contributed by atoms with Crippen LogP contribution >= 0.6 is 0 Å². The van der Waals surface area contributed by atoms with Gasteiger partial charge in [-0.3, -0.25) is 4.79 Å². The zero-order valence-corrected chi connectivity index (χ0v) is 22.5. The topological polar surface area (TPSA) is 71.4 Å². The summed E-state index contributed by atoms with van der Waals surface area (Å²) < 4.78 is 77.9. The predicted molar refractivity (Wildman–Crippen MR) is 143 cm³/mol. The van der Waals surface area contributed by atoms with Crippen LogP contribution in [-0.2, 0) is 17.1 Å². The molecular formula is C29H33F6N5O. The van der Waals surface area contributed by atoms with Crippen molar-refractivity contribution in [2.75, 3.05) is 43.4 Å². The third-order valence-corrected chi connectivity index (χ3v) is 7.70. The third-order valence-electron chi connectivity index (χ3n) is 7.70.